The summed E-state index contributed by atoms with van der Waals surface area (Å²) in [5.41, 5.74) is 1.69. The van der Waals surface area contributed by atoms with Crippen LogP contribution in [0.5, 0.6) is 5.75 Å². The molecule has 3 aromatic rings. The van der Waals surface area contributed by atoms with Crippen molar-refractivity contribution in [3.05, 3.63) is 36.0 Å². The quantitative estimate of drug-likeness (QED) is 0.331. The molecule has 3 heterocycles. The van der Waals surface area contributed by atoms with Crippen molar-refractivity contribution < 1.29 is 9.53 Å². The Hall–Kier alpha value is -3.35. The van der Waals surface area contributed by atoms with Gasteiger partial charge >= 0.3 is 0 Å². The van der Waals surface area contributed by atoms with Crippen molar-refractivity contribution in [2.75, 3.05) is 69.5 Å². The smallest absolute Gasteiger partial charge is 0.221 e. The Bertz CT molecular complexity index is 1230. The number of carbonyl (C=O) groups is 1. The van der Waals surface area contributed by atoms with E-state index in [1.165, 1.54) is 18.7 Å². The molecule has 11 nitrogen and oxygen atoms in total. The first kappa shape index (κ1) is 27.7. The second-order valence-electron chi connectivity index (χ2n) is 9.73. The minimum absolute atomic E-state index is 0.103. The van der Waals surface area contributed by atoms with E-state index < -0.39 is 0 Å². The van der Waals surface area contributed by atoms with Crippen LogP contribution in [-0.2, 0) is 4.79 Å². The molecule has 1 unspecified atom stereocenters. The number of ether oxygens (including phenoxy) is 1. The van der Waals surface area contributed by atoms with E-state index in [0.29, 0.717) is 22.5 Å². The predicted molar refractivity (Wildman–Crippen MR) is 152 cm³/mol. The van der Waals surface area contributed by atoms with Crippen molar-refractivity contribution >= 4 is 40.8 Å². The van der Waals surface area contributed by atoms with E-state index in [2.05, 4.69) is 56.5 Å². The van der Waals surface area contributed by atoms with E-state index in [0.717, 1.165) is 54.8 Å². The molecule has 1 atom stereocenters. The van der Waals surface area contributed by atoms with Crippen LogP contribution >= 0.6 is 11.8 Å². The number of amides is 1. The van der Waals surface area contributed by atoms with Gasteiger partial charge in [0.2, 0.25) is 11.7 Å². The molecular formula is C26H37N9O2S. The summed E-state index contributed by atoms with van der Waals surface area (Å²) in [5, 5.41) is 14.0. The minimum Gasteiger partial charge on any atom is -0.490 e. The van der Waals surface area contributed by atoms with E-state index in [4.69, 9.17) is 14.7 Å². The summed E-state index contributed by atoms with van der Waals surface area (Å²) in [4.78, 5) is 29.1. The molecular weight excluding hydrogens is 502 g/mol. The fourth-order valence-corrected chi connectivity index (χ4v) is 5.09. The lowest BCUT2D eigenvalue weighted by Gasteiger charge is -2.41. The van der Waals surface area contributed by atoms with Crippen LogP contribution in [0.15, 0.2) is 40.4 Å². The first-order chi connectivity index (χ1) is 18.2. The zero-order valence-electron chi connectivity index (χ0n) is 22.9. The van der Waals surface area contributed by atoms with Crippen molar-refractivity contribution in [1.82, 2.24) is 30.0 Å². The summed E-state index contributed by atoms with van der Waals surface area (Å²) in [6, 6.07) is 9.79. The van der Waals surface area contributed by atoms with Crippen molar-refractivity contribution in [1.29, 1.82) is 0 Å². The topological polar surface area (TPSA) is 115 Å². The fraction of sp³-hybridized carbons (Fsp3) is 0.462. The number of likely N-dealkylation sites (N-methyl/N-ethyl adjacent to an activating group) is 1. The molecule has 1 saturated heterocycles. The maximum Gasteiger partial charge on any atom is 0.221 e. The largest absolute Gasteiger partial charge is 0.490 e. The highest BCUT2D eigenvalue weighted by Gasteiger charge is 2.29. The van der Waals surface area contributed by atoms with Gasteiger partial charge in [-0.05, 0) is 64.0 Å². The van der Waals surface area contributed by atoms with Crippen LogP contribution in [0.1, 0.15) is 19.5 Å². The average Bonchev–Trinajstić information content (AvgIpc) is 3.28. The minimum atomic E-state index is -0.103. The molecule has 0 radical (unpaired) electrons. The lowest BCUT2D eigenvalue weighted by Crippen LogP contribution is -2.53. The highest BCUT2D eigenvalue weighted by atomic mass is 32.2. The number of piperazine rings is 1. The van der Waals surface area contributed by atoms with Crippen molar-refractivity contribution in [3.63, 3.8) is 0 Å². The third kappa shape index (κ3) is 7.15. The van der Waals surface area contributed by atoms with Crippen LogP contribution in [0.2, 0.25) is 0 Å². The number of anilines is 4. The zero-order valence-corrected chi connectivity index (χ0v) is 23.7. The third-order valence-corrected chi connectivity index (χ3v) is 7.09. The number of H-pyrrole nitrogens is 1. The van der Waals surface area contributed by atoms with Crippen molar-refractivity contribution in [3.8, 4) is 5.75 Å². The molecule has 0 saturated carbocycles. The van der Waals surface area contributed by atoms with Gasteiger partial charge in [0.05, 0.1) is 7.11 Å². The first-order valence-electron chi connectivity index (χ1n) is 12.7. The molecule has 12 heteroatoms. The number of nitrogens with one attached hydrogen (secondary N) is 3. The van der Waals surface area contributed by atoms with Gasteiger partial charge in [-0.15, -0.1) is 0 Å². The van der Waals surface area contributed by atoms with E-state index in [-0.39, 0.29) is 11.9 Å². The molecule has 1 amide bonds. The van der Waals surface area contributed by atoms with Crippen LogP contribution < -0.4 is 20.3 Å². The number of aryl methyl sites for hydroxylation is 1. The Balaban J connectivity index is 1.64. The molecule has 2 aromatic heterocycles. The van der Waals surface area contributed by atoms with Crippen molar-refractivity contribution in [2.45, 2.75) is 36.9 Å². The molecule has 0 aliphatic carbocycles. The van der Waals surface area contributed by atoms with Gasteiger partial charge in [-0.25, -0.2) is 9.97 Å². The van der Waals surface area contributed by atoms with Gasteiger partial charge in [0.15, 0.2) is 22.6 Å². The zero-order chi connectivity index (χ0) is 27.2. The molecule has 0 bridgehead atoms. The molecule has 4 rings (SSSR count). The number of rotatable bonds is 10. The molecule has 1 aromatic carbocycles. The molecule has 3 N–H and O–H groups in total. The third-order valence-electron chi connectivity index (χ3n) is 6.21. The molecule has 204 valence electrons. The number of methoxy groups -OCH3 is 1. The Morgan fingerprint density at radius 3 is 2.61 bits per heavy atom. The molecule has 1 fully saturated rings. The van der Waals surface area contributed by atoms with Crippen LogP contribution in [0.4, 0.5) is 23.1 Å². The van der Waals surface area contributed by atoms with Gasteiger partial charge in [-0.2, -0.15) is 5.10 Å². The molecule has 0 spiro atoms. The van der Waals surface area contributed by atoms with Gasteiger partial charge in [0.1, 0.15) is 0 Å². The predicted octanol–water partition coefficient (Wildman–Crippen LogP) is 3.44. The summed E-state index contributed by atoms with van der Waals surface area (Å²) >= 11 is 1.45. The van der Waals surface area contributed by atoms with Crippen LogP contribution in [-0.4, -0.2) is 95.8 Å². The van der Waals surface area contributed by atoms with E-state index in [9.17, 15) is 4.79 Å². The summed E-state index contributed by atoms with van der Waals surface area (Å²) in [6.45, 7) is 10.4. The Kier molecular flexibility index (Phi) is 9.08. The maximum atomic E-state index is 11.4. The number of benzene rings is 1. The normalized spacial score (nSPS) is 16.1. The van der Waals surface area contributed by atoms with Crippen LogP contribution in [0, 0.1) is 6.92 Å². The highest BCUT2D eigenvalue weighted by Crippen LogP contribution is 2.39. The number of aromatic nitrogens is 4. The first-order valence-corrected chi connectivity index (χ1v) is 13.5. The fourth-order valence-electron chi connectivity index (χ4n) is 4.34. The van der Waals surface area contributed by atoms with Gasteiger partial charge in [-0.1, -0.05) is 0 Å². The summed E-state index contributed by atoms with van der Waals surface area (Å²) in [5.74, 6) is 2.46. The summed E-state index contributed by atoms with van der Waals surface area (Å²) in [7, 11) is 5.86. The van der Waals surface area contributed by atoms with Crippen LogP contribution in [0.25, 0.3) is 0 Å². The van der Waals surface area contributed by atoms with E-state index in [1.807, 2.05) is 37.3 Å². The Morgan fingerprint density at radius 2 is 2.00 bits per heavy atom. The van der Waals surface area contributed by atoms with Crippen LogP contribution in [0.3, 0.4) is 0 Å². The number of aromatic amines is 1. The SMILES string of the molecule is COc1c(Nc2cc(C)[nH]n2)nc(Sc2ccc(NC(C)=O)cc2)nc1N1CCN(CCN(C)C)CC1C. The van der Waals surface area contributed by atoms with Gasteiger partial charge in [0.25, 0.3) is 0 Å². The Labute approximate surface area is 228 Å². The number of hydrogen-bond acceptors (Lipinski definition) is 10. The Morgan fingerprint density at radius 1 is 1.24 bits per heavy atom. The number of carbonyl (C=O) groups excluding carboxylic acids is 1. The van der Waals surface area contributed by atoms with Gasteiger partial charge in [0, 0.05) is 68.0 Å². The lowest BCUT2D eigenvalue weighted by molar-refractivity contribution is -0.114. The molecule has 1 aliphatic heterocycles. The standard InChI is InChI=1S/C26H37N9O2S/c1-17-15-22(32-31-17)28-24-23(37-6)25(35-14-13-34(16-18(35)2)12-11-33(4)5)30-26(29-24)38-21-9-7-20(8-10-21)27-19(3)36/h7-10,15,18H,11-14,16H2,1-6H3,(H,27,36)(H2,28,29,30,31,32). The second kappa shape index (κ2) is 12.5. The van der Waals surface area contributed by atoms with Gasteiger partial charge < -0.3 is 25.2 Å². The number of nitrogens with zero attached hydrogens (tertiary/aromatic N) is 6. The second-order valence-corrected chi connectivity index (χ2v) is 10.8. The highest BCUT2D eigenvalue weighted by molar-refractivity contribution is 7.99. The summed E-state index contributed by atoms with van der Waals surface area (Å²) < 4.78 is 5.88. The van der Waals surface area contributed by atoms with E-state index in [1.54, 1.807) is 7.11 Å². The van der Waals surface area contributed by atoms with Crippen molar-refractivity contribution in [2.24, 2.45) is 0 Å². The lowest BCUT2D eigenvalue weighted by atomic mass is 10.2. The average molecular weight is 540 g/mol. The molecule has 1 aliphatic rings. The number of hydrogen-bond donors (Lipinski definition) is 3. The van der Waals surface area contributed by atoms with E-state index >= 15 is 0 Å². The van der Waals surface area contributed by atoms with Gasteiger partial charge in [-0.3, -0.25) is 14.8 Å². The molecule has 38 heavy (non-hydrogen) atoms. The summed E-state index contributed by atoms with van der Waals surface area (Å²) in [6.07, 6.45) is 0. The maximum absolute atomic E-state index is 11.4. The monoisotopic (exact) mass is 539 g/mol.